The Kier molecular flexibility index (Phi) is 3.17. The molecule has 3 rings (SSSR count). The Morgan fingerprint density at radius 3 is 2.52 bits per heavy atom. The van der Waals surface area contributed by atoms with Crippen LogP contribution in [0.5, 0.6) is 0 Å². The van der Waals surface area contributed by atoms with E-state index in [1.165, 1.54) is 5.56 Å². The lowest BCUT2D eigenvalue weighted by Gasteiger charge is -2.06. The quantitative estimate of drug-likeness (QED) is 0.783. The number of rotatable bonds is 2. The number of nitrogen functional groups attached to an aromatic ring is 1. The van der Waals surface area contributed by atoms with Gasteiger partial charge in [0.2, 0.25) is 0 Å². The van der Waals surface area contributed by atoms with E-state index in [9.17, 15) is 0 Å². The number of benzene rings is 1. The van der Waals surface area contributed by atoms with E-state index in [0.29, 0.717) is 11.4 Å². The summed E-state index contributed by atoms with van der Waals surface area (Å²) >= 11 is 0. The average molecular weight is 279 g/mol. The summed E-state index contributed by atoms with van der Waals surface area (Å²) in [7, 11) is 0. The van der Waals surface area contributed by atoms with Crippen LogP contribution in [-0.4, -0.2) is 19.7 Å². The normalized spacial score (nSPS) is 10.8. The maximum absolute atomic E-state index is 6.12. The minimum Gasteiger partial charge on any atom is -0.396 e. The van der Waals surface area contributed by atoms with Gasteiger partial charge in [-0.3, -0.25) is 9.97 Å². The number of hydrogen-bond acceptors (Lipinski definition) is 4. The number of hydrogen-bond donors (Lipinski definition) is 1. The highest BCUT2D eigenvalue weighted by Crippen LogP contribution is 2.26. The Morgan fingerprint density at radius 2 is 1.76 bits per heavy atom. The van der Waals surface area contributed by atoms with Crippen molar-refractivity contribution in [3.8, 4) is 17.1 Å². The molecule has 0 aliphatic carbocycles. The van der Waals surface area contributed by atoms with Crippen molar-refractivity contribution in [1.29, 1.82) is 0 Å². The lowest BCUT2D eigenvalue weighted by atomic mass is 10.1. The lowest BCUT2D eigenvalue weighted by Crippen LogP contribution is -1.99. The van der Waals surface area contributed by atoms with Crippen molar-refractivity contribution >= 4 is 5.69 Å². The van der Waals surface area contributed by atoms with Gasteiger partial charge in [-0.2, -0.15) is 5.10 Å². The molecule has 0 spiro atoms. The van der Waals surface area contributed by atoms with Gasteiger partial charge in [-0.05, 0) is 38.0 Å². The molecule has 21 heavy (non-hydrogen) atoms. The highest BCUT2D eigenvalue weighted by molar-refractivity contribution is 5.71. The first kappa shape index (κ1) is 13.3. The molecule has 0 bridgehead atoms. The number of anilines is 1. The number of aromatic nitrogens is 4. The third-order valence-electron chi connectivity index (χ3n) is 3.46. The zero-order valence-corrected chi connectivity index (χ0v) is 12.3. The Labute approximate surface area is 123 Å². The predicted octanol–water partition coefficient (Wildman–Crippen LogP) is 2.84. The fourth-order valence-electron chi connectivity index (χ4n) is 2.30. The summed E-state index contributed by atoms with van der Waals surface area (Å²) in [5.74, 6) is 0. The minimum absolute atomic E-state index is 0.597. The first-order chi connectivity index (χ1) is 10.1. The molecule has 0 atom stereocenters. The summed E-state index contributed by atoms with van der Waals surface area (Å²) in [5.41, 5.74) is 12.3. The molecule has 0 saturated heterocycles. The van der Waals surface area contributed by atoms with Crippen LogP contribution in [0, 0.1) is 20.8 Å². The van der Waals surface area contributed by atoms with Crippen LogP contribution in [0.15, 0.2) is 36.8 Å². The van der Waals surface area contributed by atoms with Crippen LogP contribution in [0.4, 0.5) is 5.69 Å². The standard InChI is InChI=1S/C16H17N5/c1-10-4-5-11(2)14(8-10)21-9-13(17)16(20-21)15-12(3)18-6-7-19-15/h4-9H,17H2,1-3H3. The summed E-state index contributed by atoms with van der Waals surface area (Å²) in [4.78, 5) is 8.58. The number of nitrogens with zero attached hydrogens (tertiary/aromatic N) is 4. The second kappa shape index (κ2) is 5.01. The topological polar surface area (TPSA) is 69.6 Å². The summed E-state index contributed by atoms with van der Waals surface area (Å²) in [6.45, 7) is 6.02. The summed E-state index contributed by atoms with van der Waals surface area (Å²) in [6.07, 6.45) is 5.14. The van der Waals surface area contributed by atoms with Gasteiger partial charge in [0.05, 0.1) is 23.3 Å². The summed E-state index contributed by atoms with van der Waals surface area (Å²) in [6, 6.07) is 6.25. The summed E-state index contributed by atoms with van der Waals surface area (Å²) in [5, 5.41) is 4.60. The highest BCUT2D eigenvalue weighted by Gasteiger charge is 2.14. The van der Waals surface area contributed by atoms with Crippen molar-refractivity contribution in [2.75, 3.05) is 5.73 Å². The van der Waals surface area contributed by atoms with Gasteiger partial charge >= 0.3 is 0 Å². The molecule has 0 unspecified atom stereocenters. The molecule has 2 aromatic heterocycles. The largest absolute Gasteiger partial charge is 0.396 e. The van der Waals surface area contributed by atoms with E-state index in [1.807, 2.05) is 13.1 Å². The van der Waals surface area contributed by atoms with Gasteiger partial charge in [-0.15, -0.1) is 0 Å². The second-order valence-electron chi connectivity index (χ2n) is 5.16. The number of aryl methyl sites for hydroxylation is 3. The Morgan fingerprint density at radius 1 is 1.00 bits per heavy atom. The van der Waals surface area contributed by atoms with Gasteiger partial charge in [0.25, 0.3) is 0 Å². The first-order valence-electron chi connectivity index (χ1n) is 6.77. The van der Waals surface area contributed by atoms with Crippen LogP contribution in [-0.2, 0) is 0 Å². The van der Waals surface area contributed by atoms with Gasteiger partial charge in [-0.25, -0.2) is 4.68 Å². The van der Waals surface area contributed by atoms with Crippen LogP contribution in [0.2, 0.25) is 0 Å². The zero-order valence-electron chi connectivity index (χ0n) is 12.3. The van der Waals surface area contributed by atoms with Crippen LogP contribution in [0.25, 0.3) is 17.1 Å². The maximum atomic E-state index is 6.12. The van der Waals surface area contributed by atoms with Gasteiger partial charge in [0.1, 0.15) is 11.4 Å². The van der Waals surface area contributed by atoms with Crippen molar-refractivity contribution in [3.63, 3.8) is 0 Å². The maximum Gasteiger partial charge on any atom is 0.136 e. The van der Waals surface area contributed by atoms with Crippen LogP contribution in [0.3, 0.4) is 0 Å². The van der Waals surface area contributed by atoms with E-state index in [1.54, 1.807) is 17.1 Å². The van der Waals surface area contributed by atoms with Gasteiger partial charge in [-0.1, -0.05) is 12.1 Å². The molecule has 1 aromatic carbocycles. The fourth-order valence-corrected chi connectivity index (χ4v) is 2.30. The Hall–Kier alpha value is -2.69. The molecule has 0 aliphatic rings. The molecule has 5 heteroatoms. The molecular weight excluding hydrogens is 262 g/mol. The minimum atomic E-state index is 0.597. The smallest absolute Gasteiger partial charge is 0.136 e. The van der Waals surface area contributed by atoms with Gasteiger partial charge in [0, 0.05) is 12.4 Å². The molecule has 0 aliphatic heterocycles. The first-order valence-corrected chi connectivity index (χ1v) is 6.77. The van der Waals surface area contributed by atoms with Crippen molar-refractivity contribution < 1.29 is 0 Å². The van der Waals surface area contributed by atoms with Gasteiger partial charge < -0.3 is 5.73 Å². The Balaban J connectivity index is 2.14. The van der Waals surface area contributed by atoms with Crippen molar-refractivity contribution in [1.82, 2.24) is 19.7 Å². The molecule has 5 nitrogen and oxygen atoms in total. The molecule has 0 radical (unpaired) electrons. The molecule has 2 N–H and O–H groups in total. The zero-order chi connectivity index (χ0) is 15.0. The second-order valence-corrected chi connectivity index (χ2v) is 5.16. The van der Waals surface area contributed by atoms with Crippen LogP contribution < -0.4 is 5.73 Å². The lowest BCUT2D eigenvalue weighted by molar-refractivity contribution is 0.871. The molecule has 0 fully saturated rings. The van der Waals surface area contributed by atoms with Crippen molar-refractivity contribution in [2.24, 2.45) is 0 Å². The molecule has 106 valence electrons. The van der Waals surface area contributed by atoms with E-state index < -0.39 is 0 Å². The van der Waals surface area contributed by atoms with Crippen LogP contribution in [0.1, 0.15) is 16.8 Å². The molecule has 0 saturated carbocycles. The number of nitrogens with two attached hydrogens (primary N) is 1. The monoisotopic (exact) mass is 279 g/mol. The van der Waals surface area contributed by atoms with Crippen LogP contribution >= 0.6 is 0 Å². The van der Waals surface area contributed by atoms with E-state index in [4.69, 9.17) is 5.73 Å². The van der Waals surface area contributed by atoms with E-state index in [-0.39, 0.29) is 0 Å². The Bertz CT molecular complexity index is 804. The third-order valence-corrected chi connectivity index (χ3v) is 3.46. The fraction of sp³-hybridized carbons (Fsp3) is 0.188. The molecular formula is C16H17N5. The van der Waals surface area contributed by atoms with Gasteiger partial charge in [0.15, 0.2) is 0 Å². The summed E-state index contributed by atoms with van der Waals surface area (Å²) < 4.78 is 1.81. The van der Waals surface area contributed by atoms with E-state index in [0.717, 1.165) is 22.6 Å². The van der Waals surface area contributed by atoms with Crippen molar-refractivity contribution in [3.05, 3.63) is 53.6 Å². The highest BCUT2D eigenvalue weighted by atomic mass is 15.3. The predicted molar refractivity (Wildman–Crippen MR) is 83.2 cm³/mol. The van der Waals surface area contributed by atoms with E-state index >= 15 is 0 Å². The molecule has 0 amide bonds. The SMILES string of the molecule is Cc1ccc(C)c(-n2cc(N)c(-c3nccnc3C)n2)c1. The average Bonchev–Trinajstić information content (AvgIpc) is 2.84. The third kappa shape index (κ3) is 2.38. The van der Waals surface area contributed by atoms with Crippen molar-refractivity contribution in [2.45, 2.75) is 20.8 Å². The molecule has 3 aromatic rings. The molecule has 2 heterocycles. The van der Waals surface area contributed by atoms with E-state index in [2.05, 4.69) is 47.1 Å².